The minimum atomic E-state index is -0.226. The smallest absolute Gasteiger partial charge is 0.409 e. The molecule has 2 saturated heterocycles. The van der Waals surface area contributed by atoms with Gasteiger partial charge in [-0.05, 0) is 25.0 Å². The van der Waals surface area contributed by atoms with Gasteiger partial charge in [0.1, 0.15) is 0 Å². The van der Waals surface area contributed by atoms with Crippen molar-refractivity contribution in [1.29, 1.82) is 0 Å². The zero-order chi connectivity index (χ0) is 21.2. The van der Waals surface area contributed by atoms with E-state index in [4.69, 9.17) is 14.5 Å². The molecule has 30 heavy (non-hydrogen) atoms. The molecule has 2 fully saturated rings. The average Bonchev–Trinajstić information content (AvgIpc) is 2.79. The molecular formula is C22H35N5O3. The summed E-state index contributed by atoms with van der Waals surface area (Å²) in [5.74, 6) is 0.901. The summed E-state index contributed by atoms with van der Waals surface area (Å²) in [5, 5.41) is 3.38. The third-order valence-electron chi connectivity index (χ3n) is 5.38. The van der Waals surface area contributed by atoms with Gasteiger partial charge in [-0.15, -0.1) is 0 Å². The van der Waals surface area contributed by atoms with Crippen molar-refractivity contribution in [3.8, 4) is 0 Å². The SMILES string of the molecule is CCNC(=NCc1ccc(CN2CCOCC2)cc1)N1CCN(C(=O)OCC)CC1. The Morgan fingerprint density at radius 3 is 2.27 bits per heavy atom. The van der Waals surface area contributed by atoms with Crippen LogP contribution in [0.1, 0.15) is 25.0 Å². The van der Waals surface area contributed by atoms with E-state index in [1.165, 1.54) is 11.1 Å². The summed E-state index contributed by atoms with van der Waals surface area (Å²) in [5.41, 5.74) is 2.52. The van der Waals surface area contributed by atoms with Crippen LogP contribution in [-0.2, 0) is 22.6 Å². The van der Waals surface area contributed by atoms with Crippen molar-refractivity contribution in [1.82, 2.24) is 20.0 Å². The number of piperazine rings is 1. The first-order chi connectivity index (χ1) is 14.7. The predicted octanol–water partition coefficient (Wildman–Crippen LogP) is 1.76. The van der Waals surface area contributed by atoms with Gasteiger partial charge in [0.15, 0.2) is 5.96 Å². The molecule has 0 unspecified atom stereocenters. The Morgan fingerprint density at radius 2 is 1.63 bits per heavy atom. The number of nitrogens with zero attached hydrogens (tertiary/aromatic N) is 4. The number of rotatable bonds is 6. The minimum absolute atomic E-state index is 0.226. The van der Waals surface area contributed by atoms with Crippen molar-refractivity contribution >= 4 is 12.1 Å². The average molecular weight is 418 g/mol. The lowest BCUT2D eigenvalue weighted by Crippen LogP contribution is -2.53. The van der Waals surface area contributed by atoms with Gasteiger partial charge in [0.25, 0.3) is 0 Å². The molecule has 0 saturated carbocycles. The molecule has 2 aliphatic heterocycles. The van der Waals surface area contributed by atoms with E-state index >= 15 is 0 Å². The molecule has 1 aromatic rings. The number of carbonyl (C=O) groups is 1. The van der Waals surface area contributed by atoms with Gasteiger partial charge in [-0.1, -0.05) is 24.3 Å². The first-order valence-electron chi connectivity index (χ1n) is 11.0. The van der Waals surface area contributed by atoms with Gasteiger partial charge in [0, 0.05) is 52.4 Å². The zero-order valence-electron chi connectivity index (χ0n) is 18.3. The first-order valence-corrected chi connectivity index (χ1v) is 11.0. The Hall–Kier alpha value is -2.32. The predicted molar refractivity (Wildman–Crippen MR) is 118 cm³/mol. The van der Waals surface area contributed by atoms with Crippen LogP contribution in [0.3, 0.4) is 0 Å². The fraction of sp³-hybridized carbons (Fsp3) is 0.636. The van der Waals surface area contributed by atoms with E-state index in [0.29, 0.717) is 26.2 Å². The number of benzene rings is 1. The molecule has 1 amide bonds. The van der Waals surface area contributed by atoms with E-state index in [1.807, 2.05) is 6.92 Å². The van der Waals surface area contributed by atoms with E-state index in [9.17, 15) is 4.79 Å². The maximum Gasteiger partial charge on any atom is 0.409 e. The summed E-state index contributed by atoms with van der Waals surface area (Å²) in [6.07, 6.45) is -0.226. The summed E-state index contributed by atoms with van der Waals surface area (Å²) in [4.78, 5) is 23.1. The van der Waals surface area contributed by atoms with Crippen molar-refractivity contribution in [3.05, 3.63) is 35.4 Å². The van der Waals surface area contributed by atoms with Gasteiger partial charge in [0.05, 0.1) is 26.4 Å². The molecule has 0 aromatic heterocycles. The second-order valence-corrected chi connectivity index (χ2v) is 7.55. The van der Waals surface area contributed by atoms with Crippen LogP contribution in [0.15, 0.2) is 29.3 Å². The quantitative estimate of drug-likeness (QED) is 0.562. The van der Waals surface area contributed by atoms with Gasteiger partial charge in [-0.25, -0.2) is 9.79 Å². The Bertz CT molecular complexity index is 681. The lowest BCUT2D eigenvalue weighted by molar-refractivity contribution is 0.0342. The lowest BCUT2D eigenvalue weighted by atomic mass is 10.1. The molecule has 3 rings (SSSR count). The van der Waals surface area contributed by atoms with Gasteiger partial charge in [-0.2, -0.15) is 0 Å². The van der Waals surface area contributed by atoms with E-state index in [1.54, 1.807) is 4.90 Å². The number of amides is 1. The van der Waals surface area contributed by atoms with Crippen molar-refractivity contribution < 1.29 is 14.3 Å². The lowest BCUT2D eigenvalue weighted by Gasteiger charge is -2.35. The van der Waals surface area contributed by atoms with Crippen molar-refractivity contribution in [2.24, 2.45) is 4.99 Å². The van der Waals surface area contributed by atoms with E-state index in [2.05, 4.69) is 46.3 Å². The number of nitrogens with one attached hydrogen (secondary N) is 1. The largest absolute Gasteiger partial charge is 0.450 e. The number of hydrogen-bond donors (Lipinski definition) is 1. The molecular weight excluding hydrogens is 382 g/mol. The normalized spacial score (nSPS) is 18.4. The summed E-state index contributed by atoms with van der Waals surface area (Å²) >= 11 is 0. The molecule has 8 heteroatoms. The number of guanidine groups is 1. The summed E-state index contributed by atoms with van der Waals surface area (Å²) in [6, 6.07) is 8.74. The molecule has 8 nitrogen and oxygen atoms in total. The summed E-state index contributed by atoms with van der Waals surface area (Å²) in [7, 11) is 0. The van der Waals surface area contributed by atoms with Crippen LogP contribution in [0, 0.1) is 0 Å². The maximum absolute atomic E-state index is 11.9. The molecule has 1 N–H and O–H groups in total. The van der Waals surface area contributed by atoms with Crippen LogP contribution < -0.4 is 5.32 Å². The zero-order valence-corrected chi connectivity index (χ0v) is 18.3. The molecule has 0 spiro atoms. The van der Waals surface area contributed by atoms with Gasteiger partial charge >= 0.3 is 6.09 Å². The van der Waals surface area contributed by atoms with Crippen LogP contribution in [0.5, 0.6) is 0 Å². The summed E-state index contributed by atoms with van der Waals surface area (Å²) in [6.45, 7) is 13.2. The van der Waals surface area contributed by atoms with Gasteiger partial charge in [-0.3, -0.25) is 4.90 Å². The third-order valence-corrected chi connectivity index (χ3v) is 5.38. The maximum atomic E-state index is 11.9. The Morgan fingerprint density at radius 1 is 1.00 bits per heavy atom. The minimum Gasteiger partial charge on any atom is -0.450 e. The highest BCUT2D eigenvalue weighted by Gasteiger charge is 2.23. The van der Waals surface area contributed by atoms with Crippen molar-refractivity contribution in [3.63, 3.8) is 0 Å². The molecule has 166 valence electrons. The highest BCUT2D eigenvalue weighted by molar-refractivity contribution is 5.80. The number of morpholine rings is 1. The molecule has 0 radical (unpaired) electrons. The van der Waals surface area contributed by atoms with Crippen LogP contribution >= 0.6 is 0 Å². The van der Waals surface area contributed by atoms with Crippen molar-refractivity contribution in [2.45, 2.75) is 26.9 Å². The van der Waals surface area contributed by atoms with Gasteiger partial charge < -0.3 is 24.6 Å². The second-order valence-electron chi connectivity index (χ2n) is 7.55. The van der Waals surface area contributed by atoms with Crippen LogP contribution in [-0.4, -0.2) is 92.4 Å². The highest BCUT2D eigenvalue weighted by atomic mass is 16.6. The van der Waals surface area contributed by atoms with Crippen molar-refractivity contribution in [2.75, 3.05) is 65.6 Å². The van der Waals surface area contributed by atoms with Gasteiger partial charge in [0.2, 0.25) is 0 Å². The van der Waals surface area contributed by atoms with E-state index < -0.39 is 0 Å². The number of hydrogen-bond acceptors (Lipinski definition) is 5. The first kappa shape index (κ1) is 22.4. The van der Waals surface area contributed by atoms with Crippen LogP contribution in [0.25, 0.3) is 0 Å². The number of aliphatic imine (C=N–C) groups is 1. The molecule has 0 aliphatic carbocycles. The van der Waals surface area contributed by atoms with Crippen LogP contribution in [0.4, 0.5) is 4.79 Å². The monoisotopic (exact) mass is 417 g/mol. The fourth-order valence-corrected chi connectivity index (χ4v) is 3.68. The second kappa shape index (κ2) is 11.8. The molecule has 0 bridgehead atoms. The van der Waals surface area contributed by atoms with Crippen LogP contribution in [0.2, 0.25) is 0 Å². The van der Waals surface area contributed by atoms with E-state index in [-0.39, 0.29) is 6.09 Å². The van der Waals surface area contributed by atoms with E-state index in [0.717, 1.165) is 58.4 Å². The number of carbonyl (C=O) groups excluding carboxylic acids is 1. The molecule has 0 atom stereocenters. The molecule has 2 heterocycles. The standard InChI is InChI=1S/C22H35N5O3/c1-3-23-21(26-9-11-27(12-10-26)22(28)30-4-2)24-17-19-5-7-20(8-6-19)18-25-13-15-29-16-14-25/h5-8H,3-4,9-18H2,1-2H3,(H,23,24). The Labute approximate surface area is 179 Å². The Balaban J connectivity index is 1.52. The topological polar surface area (TPSA) is 69.6 Å². The Kier molecular flexibility index (Phi) is 8.77. The molecule has 1 aromatic carbocycles. The highest BCUT2D eigenvalue weighted by Crippen LogP contribution is 2.11. The third kappa shape index (κ3) is 6.60. The fourth-order valence-electron chi connectivity index (χ4n) is 3.68. The number of ether oxygens (including phenoxy) is 2. The molecule has 2 aliphatic rings. The summed E-state index contributed by atoms with van der Waals surface area (Å²) < 4.78 is 10.5.